The molecule has 1 saturated heterocycles. The van der Waals surface area contributed by atoms with Crippen molar-refractivity contribution in [1.82, 2.24) is 20.4 Å². The van der Waals surface area contributed by atoms with Gasteiger partial charge in [-0.3, -0.25) is 19.7 Å². The summed E-state index contributed by atoms with van der Waals surface area (Å²) in [6, 6.07) is 0.455. The molecule has 1 aliphatic heterocycles. The first-order chi connectivity index (χ1) is 8.90. The Bertz CT molecular complexity index is 578. The summed E-state index contributed by atoms with van der Waals surface area (Å²) in [5.74, 6) is -1.70. The molecular formula is C10H8Cl2N4O3. The number of halogens is 2. The lowest BCUT2D eigenvalue weighted by Crippen LogP contribution is -2.58. The molecule has 1 aliphatic rings. The van der Waals surface area contributed by atoms with Gasteiger partial charge in [-0.1, -0.05) is 23.2 Å². The van der Waals surface area contributed by atoms with E-state index in [2.05, 4.69) is 15.5 Å². The lowest BCUT2D eigenvalue weighted by molar-refractivity contribution is -0.138. The van der Waals surface area contributed by atoms with Crippen molar-refractivity contribution in [2.75, 3.05) is 6.54 Å². The topological polar surface area (TPSA) is 92.3 Å². The average Bonchev–Trinajstić information content (AvgIpc) is 2.36. The Balaban J connectivity index is 2.35. The fourth-order valence-corrected chi connectivity index (χ4v) is 1.94. The van der Waals surface area contributed by atoms with Crippen LogP contribution in [0.15, 0.2) is 6.07 Å². The molecule has 100 valence electrons. The van der Waals surface area contributed by atoms with Crippen LogP contribution in [0.4, 0.5) is 0 Å². The molecule has 9 heteroatoms. The molecule has 1 atom stereocenters. The maximum atomic E-state index is 12.3. The first-order valence-electron chi connectivity index (χ1n) is 5.23. The number of nitrogens with one attached hydrogen (secondary N) is 1. The monoisotopic (exact) mass is 302 g/mol. The number of hydrogen-bond donors (Lipinski definition) is 1. The SMILES string of the molecule is CC1C(=O)NC(=O)CN1C(=O)c1cc(Cl)nnc1Cl. The molecule has 1 unspecified atom stereocenters. The van der Waals surface area contributed by atoms with E-state index >= 15 is 0 Å². The van der Waals surface area contributed by atoms with Crippen LogP contribution in [-0.2, 0) is 9.59 Å². The lowest BCUT2D eigenvalue weighted by Gasteiger charge is -2.31. The van der Waals surface area contributed by atoms with E-state index in [1.54, 1.807) is 0 Å². The van der Waals surface area contributed by atoms with Crippen LogP contribution < -0.4 is 5.32 Å². The molecule has 1 fully saturated rings. The van der Waals surface area contributed by atoms with Crippen LogP contribution in [0.1, 0.15) is 17.3 Å². The van der Waals surface area contributed by atoms with E-state index < -0.39 is 23.8 Å². The Morgan fingerprint density at radius 1 is 1.42 bits per heavy atom. The zero-order chi connectivity index (χ0) is 14.2. The van der Waals surface area contributed by atoms with Crippen molar-refractivity contribution < 1.29 is 14.4 Å². The molecule has 3 amide bonds. The third kappa shape index (κ3) is 2.66. The van der Waals surface area contributed by atoms with Crippen molar-refractivity contribution in [2.45, 2.75) is 13.0 Å². The average molecular weight is 303 g/mol. The summed E-state index contributed by atoms with van der Waals surface area (Å²) in [5, 5.41) is 8.98. The fraction of sp³-hybridized carbons (Fsp3) is 0.300. The van der Waals surface area contributed by atoms with Crippen molar-refractivity contribution in [3.8, 4) is 0 Å². The third-order valence-electron chi connectivity index (χ3n) is 2.63. The largest absolute Gasteiger partial charge is 0.317 e. The number of aromatic nitrogens is 2. The van der Waals surface area contributed by atoms with Gasteiger partial charge in [-0.25, -0.2) is 0 Å². The highest BCUT2D eigenvalue weighted by Crippen LogP contribution is 2.19. The van der Waals surface area contributed by atoms with Gasteiger partial charge in [0.15, 0.2) is 10.3 Å². The second-order valence-corrected chi connectivity index (χ2v) is 4.64. The van der Waals surface area contributed by atoms with Gasteiger partial charge in [0, 0.05) is 0 Å². The molecule has 0 spiro atoms. The minimum absolute atomic E-state index is 0.00369. The van der Waals surface area contributed by atoms with Gasteiger partial charge in [0.1, 0.15) is 12.6 Å². The molecule has 0 bridgehead atoms. The summed E-state index contributed by atoms with van der Waals surface area (Å²) in [4.78, 5) is 36.1. The molecule has 1 aromatic heterocycles. The van der Waals surface area contributed by atoms with E-state index in [4.69, 9.17) is 23.2 Å². The standard InChI is InChI=1S/C10H8Cl2N4O3/c1-4-9(18)13-7(17)3-16(4)10(19)5-2-6(11)14-15-8(5)12/h2,4H,3H2,1H3,(H,13,17,18). The van der Waals surface area contributed by atoms with Gasteiger partial charge in [-0.2, -0.15) is 0 Å². The molecule has 0 aromatic carbocycles. The van der Waals surface area contributed by atoms with Gasteiger partial charge in [0.05, 0.1) is 5.56 Å². The first kappa shape index (κ1) is 13.7. The van der Waals surface area contributed by atoms with Gasteiger partial charge in [-0.15, -0.1) is 10.2 Å². The van der Waals surface area contributed by atoms with Gasteiger partial charge in [0.25, 0.3) is 5.91 Å². The summed E-state index contributed by atoms with van der Waals surface area (Å²) < 4.78 is 0. The predicted octanol–water partition coefficient (Wildman–Crippen LogP) is 0.270. The van der Waals surface area contributed by atoms with Crippen molar-refractivity contribution in [1.29, 1.82) is 0 Å². The van der Waals surface area contributed by atoms with E-state index in [1.807, 2.05) is 0 Å². The molecule has 0 aliphatic carbocycles. The molecule has 19 heavy (non-hydrogen) atoms. The minimum atomic E-state index is -0.784. The zero-order valence-corrected chi connectivity index (χ0v) is 11.2. The molecular weight excluding hydrogens is 295 g/mol. The number of carbonyl (C=O) groups is 3. The van der Waals surface area contributed by atoms with Gasteiger partial charge >= 0.3 is 0 Å². The van der Waals surface area contributed by atoms with E-state index in [0.717, 1.165) is 4.90 Å². The van der Waals surface area contributed by atoms with Gasteiger partial charge in [-0.05, 0) is 13.0 Å². The fourth-order valence-electron chi connectivity index (χ4n) is 1.62. The molecule has 1 N–H and O–H groups in total. The van der Waals surface area contributed by atoms with Crippen LogP contribution in [-0.4, -0.2) is 45.4 Å². The zero-order valence-electron chi connectivity index (χ0n) is 9.68. The second kappa shape index (κ2) is 5.10. The van der Waals surface area contributed by atoms with Crippen LogP contribution in [0.2, 0.25) is 10.3 Å². The Hall–Kier alpha value is -1.73. The highest BCUT2D eigenvalue weighted by Gasteiger charge is 2.35. The Morgan fingerprint density at radius 2 is 2.11 bits per heavy atom. The normalized spacial score (nSPS) is 19.3. The lowest BCUT2D eigenvalue weighted by atomic mass is 10.1. The molecule has 1 aromatic rings. The van der Waals surface area contributed by atoms with Crippen LogP contribution in [0.5, 0.6) is 0 Å². The number of carbonyl (C=O) groups excluding carboxylic acids is 3. The predicted molar refractivity (Wildman–Crippen MR) is 65.7 cm³/mol. The van der Waals surface area contributed by atoms with Crippen molar-refractivity contribution in [2.24, 2.45) is 0 Å². The number of piperazine rings is 1. The molecule has 7 nitrogen and oxygen atoms in total. The van der Waals surface area contributed by atoms with Gasteiger partial charge in [0.2, 0.25) is 11.8 Å². The minimum Gasteiger partial charge on any atom is -0.317 e. The number of nitrogens with zero attached hydrogens (tertiary/aromatic N) is 3. The highest BCUT2D eigenvalue weighted by molar-refractivity contribution is 6.34. The highest BCUT2D eigenvalue weighted by atomic mass is 35.5. The van der Waals surface area contributed by atoms with Crippen LogP contribution >= 0.6 is 23.2 Å². The van der Waals surface area contributed by atoms with Crippen LogP contribution in [0.25, 0.3) is 0 Å². The smallest absolute Gasteiger partial charge is 0.258 e. The van der Waals surface area contributed by atoms with Crippen molar-refractivity contribution in [3.05, 3.63) is 21.9 Å². The number of rotatable bonds is 1. The molecule has 2 heterocycles. The summed E-state index contributed by atoms with van der Waals surface area (Å²) in [5.41, 5.74) is -0.00369. The maximum Gasteiger partial charge on any atom is 0.258 e. The van der Waals surface area contributed by atoms with Crippen molar-refractivity contribution >= 4 is 40.9 Å². The Labute approximate surface area is 117 Å². The third-order valence-corrected chi connectivity index (χ3v) is 3.10. The van der Waals surface area contributed by atoms with Crippen molar-refractivity contribution in [3.63, 3.8) is 0 Å². The summed E-state index contributed by atoms with van der Waals surface area (Å²) in [6.45, 7) is 1.27. The van der Waals surface area contributed by atoms with Crippen LogP contribution in [0, 0.1) is 0 Å². The van der Waals surface area contributed by atoms with Gasteiger partial charge < -0.3 is 4.90 Å². The van der Waals surface area contributed by atoms with Crippen LogP contribution in [0.3, 0.4) is 0 Å². The van der Waals surface area contributed by atoms with E-state index in [0.29, 0.717) is 0 Å². The molecule has 2 rings (SSSR count). The molecule has 0 saturated carbocycles. The first-order valence-corrected chi connectivity index (χ1v) is 5.99. The Morgan fingerprint density at radius 3 is 2.79 bits per heavy atom. The molecule has 0 radical (unpaired) electrons. The summed E-state index contributed by atoms with van der Waals surface area (Å²) in [7, 11) is 0. The quantitative estimate of drug-likeness (QED) is 0.752. The number of imide groups is 1. The number of amides is 3. The number of hydrogen-bond acceptors (Lipinski definition) is 5. The second-order valence-electron chi connectivity index (χ2n) is 3.89. The van der Waals surface area contributed by atoms with E-state index in [1.165, 1.54) is 13.0 Å². The summed E-state index contributed by atoms with van der Waals surface area (Å²) in [6.07, 6.45) is 0. The Kier molecular flexibility index (Phi) is 3.68. The maximum absolute atomic E-state index is 12.3. The summed E-state index contributed by atoms with van der Waals surface area (Å²) >= 11 is 11.4. The van der Waals surface area contributed by atoms with E-state index in [9.17, 15) is 14.4 Å². The van der Waals surface area contributed by atoms with E-state index in [-0.39, 0.29) is 22.4 Å².